The third-order valence-electron chi connectivity index (χ3n) is 2.96. The summed E-state index contributed by atoms with van der Waals surface area (Å²) in [5, 5.41) is 9.41. The molecule has 1 amide bonds. The smallest absolute Gasteiger partial charge is 0.221 e. The lowest BCUT2D eigenvalue weighted by atomic mass is 10.4. The van der Waals surface area contributed by atoms with Crippen LogP contribution in [0, 0.1) is 5.92 Å². The van der Waals surface area contributed by atoms with E-state index >= 15 is 0 Å². The molecule has 112 valence electrons. The van der Waals surface area contributed by atoms with Gasteiger partial charge in [0.05, 0.1) is 6.54 Å². The molecule has 1 fully saturated rings. The SMILES string of the molecule is CCCNC(=O)CCN=C(NCC)NC1CC1C.I. The molecule has 0 bridgehead atoms. The summed E-state index contributed by atoms with van der Waals surface area (Å²) in [5.74, 6) is 1.65. The van der Waals surface area contributed by atoms with Crippen molar-refractivity contribution in [2.24, 2.45) is 10.9 Å². The Bertz CT molecular complexity index is 296. The van der Waals surface area contributed by atoms with Crippen molar-refractivity contribution in [1.82, 2.24) is 16.0 Å². The van der Waals surface area contributed by atoms with Gasteiger partial charge in [0, 0.05) is 25.6 Å². The van der Waals surface area contributed by atoms with Crippen molar-refractivity contribution < 1.29 is 4.79 Å². The molecule has 1 aliphatic rings. The van der Waals surface area contributed by atoms with E-state index in [-0.39, 0.29) is 29.9 Å². The molecule has 0 aromatic rings. The van der Waals surface area contributed by atoms with Gasteiger partial charge < -0.3 is 16.0 Å². The minimum atomic E-state index is 0. The molecule has 1 rings (SSSR count). The Hall–Kier alpha value is -0.530. The summed E-state index contributed by atoms with van der Waals surface area (Å²) < 4.78 is 0. The lowest BCUT2D eigenvalue weighted by Crippen LogP contribution is -2.39. The van der Waals surface area contributed by atoms with Gasteiger partial charge in [0.25, 0.3) is 0 Å². The minimum absolute atomic E-state index is 0. The average molecular weight is 382 g/mol. The van der Waals surface area contributed by atoms with Crippen LogP contribution in [0.3, 0.4) is 0 Å². The van der Waals surface area contributed by atoms with Crippen molar-refractivity contribution in [3.63, 3.8) is 0 Å². The lowest BCUT2D eigenvalue weighted by molar-refractivity contribution is -0.120. The quantitative estimate of drug-likeness (QED) is 0.355. The van der Waals surface area contributed by atoms with Crippen LogP contribution >= 0.6 is 24.0 Å². The maximum absolute atomic E-state index is 11.4. The second-order valence-electron chi connectivity index (χ2n) is 4.82. The van der Waals surface area contributed by atoms with Crippen LogP contribution in [-0.2, 0) is 4.79 Å². The highest BCUT2D eigenvalue weighted by Crippen LogP contribution is 2.28. The van der Waals surface area contributed by atoms with Crippen molar-refractivity contribution in [2.45, 2.75) is 46.1 Å². The van der Waals surface area contributed by atoms with Crippen LogP contribution in [0.15, 0.2) is 4.99 Å². The van der Waals surface area contributed by atoms with Gasteiger partial charge in [-0.05, 0) is 25.7 Å². The first-order valence-corrected chi connectivity index (χ1v) is 6.98. The van der Waals surface area contributed by atoms with Crippen LogP contribution in [0.25, 0.3) is 0 Å². The Labute approximate surface area is 133 Å². The summed E-state index contributed by atoms with van der Waals surface area (Å²) in [5.41, 5.74) is 0. The number of halogens is 1. The summed E-state index contributed by atoms with van der Waals surface area (Å²) in [6, 6.07) is 0.553. The third kappa shape index (κ3) is 8.28. The minimum Gasteiger partial charge on any atom is -0.357 e. The van der Waals surface area contributed by atoms with Gasteiger partial charge in [0.1, 0.15) is 0 Å². The van der Waals surface area contributed by atoms with Gasteiger partial charge in [-0.25, -0.2) is 0 Å². The van der Waals surface area contributed by atoms with Crippen LogP contribution in [0.1, 0.15) is 40.0 Å². The molecule has 1 saturated carbocycles. The van der Waals surface area contributed by atoms with Gasteiger partial charge in [0.2, 0.25) is 5.91 Å². The maximum atomic E-state index is 11.4. The van der Waals surface area contributed by atoms with E-state index in [0.29, 0.717) is 19.0 Å². The summed E-state index contributed by atoms with van der Waals surface area (Å²) in [4.78, 5) is 15.8. The van der Waals surface area contributed by atoms with Crippen molar-refractivity contribution in [2.75, 3.05) is 19.6 Å². The molecule has 0 aromatic heterocycles. The second kappa shape index (κ2) is 10.3. The van der Waals surface area contributed by atoms with E-state index in [2.05, 4.69) is 27.9 Å². The molecule has 0 heterocycles. The topological polar surface area (TPSA) is 65.5 Å². The van der Waals surface area contributed by atoms with Crippen molar-refractivity contribution in [3.8, 4) is 0 Å². The van der Waals surface area contributed by atoms with E-state index in [1.54, 1.807) is 0 Å². The summed E-state index contributed by atoms with van der Waals surface area (Å²) in [6.45, 7) is 8.44. The molecule has 6 heteroatoms. The zero-order valence-corrected chi connectivity index (χ0v) is 14.5. The highest BCUT2D eigenvalue weighted by Gasteiger charge is 2.33. The van der Waals surface area contributed by atoms with Gasteiger partial charge in [-0.15, -0.1) is 24.0 Å². The van der Waals surface area contributed by atoms with Crippen LogP contribution in [0.5, 0.6) is 0 Å². The number of rotatable bonds is 7. The number of hydrogen-bond acceptors (Lipinski definition) is 2. The van der Waals surface area contributed by atoms with Crippen LogP contribution in [0.2, 0.25) is 0 Å². The number of nitrogens with one attached hydrogen (secondary N) is 3. The summed E-state index contributed by atoms with van der Waals surface area (Å²) in [7, 11) is 0. The third-order valence-corrected chi connectivity index (χ3v) is 2.96. The zero-order chi connectivity index (χ0) is 13.4. The molecule has 5 nitrogen and oxygen atoms in total. The molecule has 0 aliphatic heterocycles. The highest BCUT2D eigenvalue weighted by atomic mass is 127. The number of carbonyl (C=O) groups excluding carboxylic acids is 1. The Balaban J connectivity index is 0.00000324. The van der Waals surface area contributed by atoms with Gasteiger partial charge in [-0.2, -0.15) is 0 Å². The zero-order valence-electron chi connectivity index (χ0n) is 12.2. The van der Waals surface area contributed by atoms with Crippen LogP contribution in [-0.4, -0.2) is 37.5 Å². The van der Waals surface area contributed by atoms with Gasteiger partial charge in [0.15, 0.2) is 5.96 Å². The van der Waals surface area contributed by atoms with E-state index in [1.807, 2.05) is 13.8 Å². The van der Waals surface area contributed by atoms with Crippen molar-refractivity contribution in [1.29, 1.82) is 0 Å². The largest absolute Gasteiger partial charge is 0.357 e. The molecule has 2 atom stereocenters. The Kier molecular flexibility index (Phi) is 9.99. The number of hydrogen-bond donors (Lipinski definition) is 3. The van der Waals surface area contributed by atoms with Crippen LogP contribution < -0.4 is 16.0 Å². The Morgan fingerprint density at radius 2 is 2.00 bits per heavy atom. The molecule has 0 spiro atoms. The van der Waals surface area contributed by atoms with E-state index in [0.717, 1.165) is 31.4 Å². The van der Waals surface area contributed by atoms with Crippen LogP contribution in [0.4, 0.5) is 0 Å². The van der Waals surface area contributed by atoms with E-state index in [1.165, 1.54) is 6.42 Å². The van der Waals surface area contributed by atoms with Crippen molar-refractivity contribution >= 4 is 35.8 Å². The number of aliphatic imine (C=N–C) groups is 1. The number of nitrogens with zero attached hydrogens (tertiary/aromatic N) is 1. The second-order valence-corrected chi connectivity index (χ2v) is 4.82. The Morgan fingerprint density at radius 1 is 1.32 bits per heavy atom. The Morgan fingerprint density at radius 3 is 2.53 bits per heavy atom. The predicted octanol–water partition coefficient (Wildman–Crippen LogP) is 1.48. The molecule has 3 N–H and O–H groups in total. The van der Waals surface area contributed by atoms with Gasteiger partial charge in [-0.1, -0.05) is 13.8 Å². The van der Waals surface area contributed by atoms with E-state index < -0.39 is 0 Å². The first kappa shape index (κ1) is 18.5. The maximum Gasteiger partial charge on any atom is 0.221 e. The first-order valence-electron chi connectivity index (χ1n) is 6.98. The standard InChI is InChI=1S/C13H26N4O.HI/c1-4-7-15-12(18)6-8-16-13(14-5-2)17-11-9-10(11)3;/h10-11H,4-9H2,1-3H3,(H,15,18)(H2,14,16,17);1H. The average Bonchev–Trinajstić information content (AvgIpc) is 3.02. The first-order chi connectivity index (χ1) is 8.67. The highest BCUT2D eigenvalue weighted by molar-refractivity contribution is 14.0. The number of guanidine groups is 1. The van der Waals surface area contributed by atoms with Gasteiger partial charge in [-0.3, -0.25) is 9.79 Å². The molecule has 19 heavy (non-hydrogen) atoms. The van der Waals surface area contributed by atoms with E-state index in [4.69, 9.17) is 0 Å². The number of amides is 1. The molecular formula is C13H27IN4O. The summed E-state index contributed by atoms with van der Waals surface area (Å²) >= 11 is 0. The molecule has 0 saturated heterocycles. The lowest BCUT2D eigenvalue weighted by Gasteiger charge is -2.10. The fourth-order valence-corrected chi connectivity index (χ4v) is 1.64. The molecular weight excluding hydrogens is 355 g/mol. The summed E-state index contributed by atoms with van der Waals surface area (Å²) in [6.07, 6.45) is 2.64. The molecule has 0 radical (unpaired) electrons. The number of carbonyl (C=O) groups is 1. The molecule has 2 unspecified atom stereocenters. The normalized spacial score (nSPS) is 21.3. The fourth-order valence-electron chi connectivity index (χ4n) is 1.64. The molecule has 1 aliphatic carbocycles. The molecule has 0 aromatic carbocycles. The fraction of sp³-hybridized carbons (Fsp3) is 0.846. The van der Waals surface area contributed by atoms with Crippen molar-refractivity contribution in [3.05, 3.63) is 0 Å². The predicted molar refractivity (Wildman–Crippen MR) is 90.0 cm³/mol. The van der Waals surface area contributed by atoms with Gasteiger partial charge >= 0.3 is 0 Å². The van der Waals surface area contributed by atoms with E-state index in [9.17, 15) is 4.79 Å². The monoisotopic (exact) mass is 382 g/mol.